The Morgan fingerprint density at radius 1 is 0.667 bits per heavy atom. The number of carbonyl (C=O) groups excluding carboxylic acids is 1. The van der Waals surface area contributed by atoms with Gasteiger partial charge in [-0.25, -0.2) is 4.79 Å². The molecule has 0 bridgehead atoms. The maximum absolute atomic E-state index is 12.2. The van der Waals surface area contributed by atoms with Gasteiger partial charge in [0.2, 0.25) is 0 Å². The van der Waals surface area contributed by atoms with Crippen LogP contribution in [-0.2, 0) is 20.8 Å². The summed E-state index contributed by atoms with van der Waals surface area (Å²) in [6.07, 6.45) is 4.01. The Labute approximate surface area is 233 Å². The van der Waals surface area contributed by atoms with E-state index < -0.39 is 0 Å². The van der Waals surface area contributed by atoms with Gasteiger partial charge >= 0.3 is 5.97 Å². The van der Waals surface area contributed by atoms with Gasteiger partial charge in [0, 0.05) is 6.61 Å². The summed E-state index contributed by atoms with van der Waals surface area (Å²) in [6, 6.07) is 23.4. The van der Waals surface area contributed by atoms with Gasteiger partial charge in [-0.05, 0) is 72.9 Å². The molecule has 1 atom stereocenters. The summed E-state index contributed by atoms with van der Waals surface area (Å²) >= 11 is 0. The van der Waals surface area contributed by atoms with Crippen LogP contribution in [0.1, 0.15) is 62.4 Å². The van der Waals surface area contributed by atoms with Gasteiger partial charge in [0.15, 0.2) is 0 Å². The first-order chi connectivity index (χ1) is 19.1. The Bertz CT molecular complexity index is 1080. The van der Waals surface area contributed by atoms with E-state index in [0.29, 0.717) is 38.6 Å². The fourth-order valence-corrected chi connectivity index (χ4v) is 3.89. The van der Waals surface area contributed by atoms with Crippen molar-refractivity contribution in [3.8, 4) is 22.6 Å². The maximum atomic E-state index is 12.2. The van der Waals surface area contributed by atoms with E-state index in [1.807, 2.05) is 67.6 Å². The zero-order valence-corrected chi connectivity index (χ0v) is 23.5. The van der Waals surface area contributed by atoms with Crippen molar-refractivity contribution in [2.24, 2.45) is 0 Å². The van der Waals surface area contributed by atoms with Gasteiger partial charge in [-0.3, -0.25) is 0 Å². The van der Waals surface area contributed by atoms with Crippen LogP contribution in [0.3, 0.4) is 0 Å². The first kappa shape index (κ1) is 30.2. The average molecular weight is 535 g/mol. The molecular formula is C33H42O6. The second kappa shape index (κ2) is 17.3. The van der Waals surface area contributed by atoms with E-state index in [9.17, 15) is 4.79 Å². The number of carbonyl (C=O) groups is 1. The predicted molar refractivity (Wildman–Crippen MR) is 154 cm³/mol. The summed E-state index contributed by atoms with van der Waals surface area (Å²) in [7, 11) is 0. The predicted octanol–water partition coefficient (Wildman–Crippen LogP) is 7.49. The van der Waals surface area contributed by atoms with Gasteiger partial charge in [-0.15, -0.1) is 0 Å². The second-order valence-electron chi connectivity index (χ2n) is 9.47. The van der Waals surface area contributed by atoms with Gasteiger partial charge in [0.1, 0.15) is 24.7 Å². The molecule has 0 N–H and O–H groups in total. The minimum absolute atomic E-state index is 0.0735. The molecule has 0 radical (unpaired) electrons. The summed E-state index contributed by atoms with van der Waals surface area (Å²) in [5, 5.41) is 0. The van der Waals surface area contributed by atoms with E-state index in [-0.39, 0.29) is 12.1 Å². The van der Waals surface area contributed by atoms with Crippen LogP contribution in [0.15, 0.2) is 72.8 Å². The second-order valence-corrected chi connectivity index (χ2v) is 9.47. The molecule has 3 aromatic carbocycles. The normalized spacial score (nSPS) is 11.7. The third-order valence-corrected chi connectivity index (χ3v) is 6.15. The lowest BCUT2D eigenvalue weighted by Gasteiger charge is -2.12. The molecule has 1 unspecified atom stereocenters. The van der Waals surface area contributed by atoms with Crippen LogP contribution < -0.4 is 9.47 Å². The number of hydrogen-bond donors (Lipinski definition) is 0. The smallest absolute Gasteiger partial charge is 0.338 e. The topological polar surface area (TPSA) is 63.2 Å². The lowest BCUT2D eigenvalue weighted by molar-refractivity contribution is 0.0323. The quantitative estimate of drug-likeness (QED) is 0.124. The molecule has 0 saturated carbocycles. The minimum atomic E-state index is -0.286. The minimum Gasteiger partial charge on any atom is -0.491 e. The third kappa shape index (κ3) is 11.1. The number of hydrogen-bond acceptors (Lipinski definition) is 6. The van der Waals surface area contributed by atoms with Crippen LogP contribution in [0, 0.1) is 0 Å². The maximum Gasteiger partial charge on any atom is 0.338 e. The average Bonchev–Trinajstić information content (AvgIpc) is 2.96. The van der Waals surface area contributed by atoms with Crippen LogP contribution in [0.5, 0.6) is 11.5 Å². The van der Waals surface area contributed by atoms with Crippen molar-refractivity contribution in [2.45, 2.75) is 59.2 Å². The van der Waals surface area contributed by atoms with E-state index in [1.165, 1.54) is 0 Å². The fourth-order valence-electron chi connectivity index (χ4n) is 3.89. The Morgan fingerprint density at radius 3 is 1.82 bits per heavy atom. The zero-order valence-electron chi connectivity index (χ0n) is 23.5. The standard InChI is InChI=1S/C33H42O6/c1-4-6-20-35-21-22-36-23-24-37-31-16-12-28(13-17-31)29-14-18-32(19-15-29)38-25-27-8-10-30(11-9-27)33(34)39-26(3)7-5-2/h8-19,26H,4-7,20-25H2,1-3H3. The monoisotopic (exact) mass is 534 g/mol. The highest BCUT2D eigenvalue weighted by Crippen LogP contribution is 2.25. The van der Waals surface area contributed by atoms with Gasteiger partial charge in [0.05, 0.1) is 31.5 Å². The van der Waals surface area contributed by atoms with Crippen molar-refractivity contribution < 1.29 is 28.5 Å². The summed E-state index contributed by atoms with van der Waals surface area (Å²) in [6.45, 7) is 9.62. The largest absolute Gasteiger partial charge is 0.491 e. The molecule has 0 amide bonds. The van der Waals surface area contributed by atoms with Gasteiger partial charge in [-0.2, -0.15) is 0 Å². The zero-order chi connectivity index (χ0) is 27.7. The van der Waals surface area contributed by atoms with E-state index in [2.05, 4.69) is 13.8 Å². The number of ether oxygens (including phenoxy) is 5. The molecule has 39 heavy (non-hydrogen) atoms. The number of unbranched alkanes of at least 4 members (excludes halogenated alkanes) is 1. The highest BCUT2D eigenvalue weighted by Gasteiger charge is 2.11. The fraction of sp³-hybridized carbons (Fsp3) is 0.424. The number of rotatable bonds is 18. The molecule has 0 fully saturated rings. The Morgan fingerprint density at radius 2 is 1.23 bits per heavy atom. The van der Waals surface area contributed by atoms with Crippen molar-refractivity contribution >= 4 is 5.97 Å². The highest BCUT2D eigenvalue weighted by molar-refractivity contribution is 5.89. The Kier molecular flexibility index (Phi) is 13.4. The molecule has 0 spiro atoms. The molecule has 0 aliphatic heterocycles. The van der Waals surface area contributed by atoms with Gasteiger partial charge < -0.3 is 23.7 Å². The molecule has 6 heteroatoms. The number of benzene rings is 3. The van der Waals surface area contributed by atoms with E-state index in [0.717, 1.165) is 60.5 Å². The van der Waals surface area contributed by atoms with Crippen LogP contribution in [0.2, 0.25) is 0 Å². The molecule has 0 heterocycles. The molecule has 0 aliphatic carbocycles. The van der Waals surface area contributed by atoms with Crippen molar-refractivity contribution in [3.05, 3.63) is 83.9 Å². The first-order valence-corrected chi connectivity index (χ1v) is 14.0. The van der Waals surface area contributed by atoms with Crippen LogP contribution >= 0.6 is 0 Å². The van der Waals surface area contributed by atoms with Gasteiger partial charge in [0.25, 0.3) is 0 Å². The molecule has 0 aliphatic rings. The van der Waals surface area contributed by atoms with E-state index in [4.69, 9.17) is 23.7 Å². The van der Waals surface area contributed by atoms with E-state index in [1.54, 1.807) is 12.1 Å². The molecule has 0 aromatic heterocycles. The lowest BCUT2D eigenvalue weighted by Crippen LogP contribution is -2.14. The van der Waals surface area contributed by atoms with Gasteiger partial charge in [-0.1, -0.05) is 63.1 Å². The van der Waals surface area contributed by atoms with E-state index >= 15 is 0 Å². The summed E-state index contributed by atoms with van der Waals surface area (Å²) in [4.78, 5) is 12.2. The van der Waals surface area contributed by atoms with Crippen molar-refractivity contribution in [2.75, 3.05) is 33.0 Å². The highest BCUT2D eigenvalue weighted by atomic mass is 16.5. The molecule has 6 nitrogen and oxygen atoms in total. The van der Waals surface area contributed by atoms with Crippen molar-refractivity contribution in [1.29, 1.82) is 0 Å². The summed E-state index contributed by atoms with van der Waals surface area (Å²) in [5.74, 6) is 1.31. The molecule has 210 valence electrons. The summed E-state index contributed by atoms with van der Waals surface area (Å²) in [5.41, 5.74) is 3.74. The number of esters is 1. The molecule has 0 saturated heterocycles. The summed E-state index contributed by atoms with van der Waals surface area (Å²) < 4.78 is 28.2. The third-order valence-electron chi connectivity index (χ3n) is 6.15. The Balaban J connectivity index is 1.38. The lowest BCUT2D eigenvalue weighted by atomic mass is 10.1. The Hall–Kier alpha value is -3.35. The van der Waals surface area contributed by atoms with Crippen molar-refractivity contribution in [1.82, 2.24) is 0 Å². The SMILES string of the molecule is CCCCOCCOCCOc1ccc(-c2ccc(OCc3ccc(C(=O)OC(C)CCC)cc3)cc2)cc1. The first-order valence-electron chi connectivity index (χ1n) is 14.0. The molecular weight excluding hydrogens is 492 g/mol. The molecule has 3 rings (SSSR count). The van der Waals surface area contributed by atoms with Crippen LogP contribution in [0.25, 0.3) is 11.1 Å². The molecule has 3 aromatic rings. The van der Waals surface area contributed by atoms with Crippen LogP contribution in [0.4, 0.5) is 0 Å². The van der Waals surface area contributed by atoms with Crippen LogP contribution in [-0.4, -0.2) is 45.1 Å². The van der Waals surface area contributed by atoms with Crippen molar-refractivity contribution in [3.63, 3.8) is 0 Å².